The van der Waals surface area contributed by atoms with Gasteiger partial charge in [0.25, 0.3) is 0 Å². The second kappa shape index (κ2) is 7.27. The number of aliphatic hydroxyl groups is 1. The van der Waals surface area contributed by atoms with Crippen LogP contribution in [0.2, 0.25) is 0 Å². The molecular formula is C5H14NO7P. The van der Waals surface area contributed by atoms with E-state index in [4.69, 9.17) is 21.0 Å². The van der Waals surface area contributed by atoms with E-state index < -0.39 is 27.1 Å². The van der Waals surface area contributed by atoms with E-state index >= 15 is 0 Å². The highest BCUT2D eigenvalue weighted by Crippen LogP contribution is 2.42. The van der Waals surface area contributed by atoms with Crippen molar-refractivity contribution in [2.45, 2.75) is 6.10 Å². The molecule has 0 aromatic carbocycles. The monoisotopic (exact) mass is 231 g/mol. The average molecular weight is 231 g/mol. The van der Waals surface area contributed by atoms with Gasteiger partial charge in [0, 0.05) is 6.54 Å². The van der Waals surface area contributed by atoms with Crippen molar-refractivity contribution in [1.82, 2.24) is 0 Å². The number of nitrogens with two attached hydrogens (primary N) is 1. The third-order valence-electron chi connectivity index (χ3n) is 1.15. The Morgan fingerprint density at radius 3 is 2.50 bits per heavy atom. The highest BCUT2D eigenvalue weighted by molar-refractivity contribution is 7.47. The van der Waals surface area contributed by atoms with Gasteiger partial charge in [0.05, 0.1) is 19.8 Å². The zero-order chi connectivity index (χ0) is 11.0. The predicted molar refractivity (Wildman–Crippen MR) is 45.4 cm³/mol. The summed E-state index contributed by atoms with van der Waals surface area (Å²) in [6, 6.07) is 0. The fourth-order valence-corrected chi connectivity index (χ4v) is 1.26. The van der Waals surface area contributed by atoms with Gasteiger partial charge >= 0.3 is 7.82 Å². The largest absolute Gasteiger partial charge is 0.472 e. The molecule has 2 atom stereocenters. The molecule has 0 radical (unpaired) electrons. The highest BCUT2D eigenvalue weighted by atomic mass is 31.2. The standard InChI is InChI=1S/C5H14NO7P/c6-1-2-11-14(9,10)12-4-5(3-7)13-8/h5,7-8H,1-4,6H2,(H,9,10)/t5-/m0/s1. The summed E-state index contributed by atoms with van der Waals surface area (Å²) in [5, 5.41) is 16.6. The summed E-state index contributed by atoms with van der Waals surface area (Å²) in [6.45, 7) is -1.07. The summed E-state index contributed by atoms with van der Waals surface area (Å²) in [6.07, 6.45) is -1.09. The van der Waals surface area contributed by atoms with Gasteiger partial charge in [-0.25, -0.2) is 9.45 Å². The summed E-state index contributed by atoms with van der Waals surface area (Å²) in [7, 11) is -4.17. The van der Waals surface area contributed by atoms with E-state index in [0.717, 1.165) is 0 Å². The van der Waals surface area contributed by atoms with Crippen molar-refractivity contribution in [3.63, 3.8) is 0 Å². The second-order valence-corrected chi connectivity index (χ2v) is 3.75. The van der Waals surface area contributed by atoms with Crippen LogP contribution in [0.4, 0.5) is 0 Å². The van der Waals surface area contributed by atoms with Gasteiger partial charge < -0.3 is 15.7 Å². The van der Waals surface area contributed by atoms with Gasteiger partial charge in [-0.1, -0.05) is 0 Å². The molecule has 0 bridgehead atoms. The first-order valence-electron chi connectivity index (χ1n) is 3.78. The average Bonchev–Trinajstić information content (AvgIpc) is 2.16. The van der Waals surface area contributed by atoms with Crippen molar-refractivity contribution in [2.24, 2.45) is 5.73 Å². The molecule has 0 rings (SSSR count). The molecule has 0 saturated heterocycles. The van der Waals surface area contributed by atoms with Crippen LogP contribution in [0, 0.1) is 0 Å². The molecule has 0 aliphatic heterocycles. The Labute approximate surface area is 80.7 Å². The lowest BCUT2D eigenvalue weighted by Crippen LogP contribution is -2.22. The maximum Gasteiger partial charge on any atom is 0.472 e. The number of rotatable bonds is 8. The van der Waals surface area contributed by atoms with Crippen molar-refractivity contribution in [3.05, 3.63) is 0 Å². The molecule has 0 aromatic heterocycles. The highest BCUT2D eigenvalue weighted by Gasteiger charge is 2.23. The zero-order valence-electron chi connectivity index (χ0n) is 7.40. The minimum absolute atomic E-state index is 0.0772. The molecule has 0 heterocycles. The maximum atomic E-state index is 10.9. The van der Waals surface area contributed by atoms with Gasteiger partial charge in [-0.3, -0.25) is 14.3 Å². The van der Waals surface area contributed by atoms with Crippen LogP contribution in [-0.4, -0.2) is 47.7 Å². The third-order valence-corrected chi connectivity index (χ3v) is 2.13. The number of phosphoric ester groups is 1. The van der Waals surface area contributed by atoms with Gasteiger partial charge in [0.15, 0.2) is 0 Å². The second-order valence-electron chi connectivity index (χ2n) is 2.30. The lowest BCUT2D eigenvalue weighted by atomic mass is 10.4. The van der Waals surface area contributed by atoms with Crippen LogP contribution in [0.5, 0.6) is 0 Å². The Morgan fingerprint density at radius 2 is 2.07 bits per heavy atom. The Hall–Kier alpha value is -0.0500. The quantitative estimate of drug-likeness (QED) is 0.236. The molecular weight excluding hydrogens is 217 g/mol. The SMILES string of the molecule is NCCOP(=O)(O)OC[C@H](CO)OO. The van der Waals surface area contributed by atoms with E-state index in [-0.39, 0.29) is 13.2 Å². The first kappa shape index (κ1) is 13.9. The van der Waals surface area contributed by atoms with Crippen LogP contribution in [0.25, 0.3) is 0 Å². The topological polar surface area (TPSA) is 131 Å². The van der Waals surface area contributed by atoms with Crippen molar-refractivity contribution in [2.75, 3.05) is 26.4 Å². The Kier molecular flexibility index (Phi) is 7.24. The molecule has 9 heteroatoms. The minimum Gasteiger partial charge on any atom is -0.393 e. The molecule has 0 aliphatic rings. The molecule has 0 amide bonds. The summed E-state index contributed by atoms with van der Waals surface area (Å²) < 4.78 is 19.7. The minimum atomic E-state index is -4.17. The van der Waals surface area contributed by atoms with E-state index in [0.29, 0.717) is 0 Å². The predicted octanol–water partition coefficient (Wildman–Crippen LogP) is -1.07. The number of hydrogen-bond acceptors (Lipinski definition) is 7. The van der Waals surface area contributed by atoms with Gasteiger partial charge in [0.1, 0.15) is 6.10 Å². The summed E-state index contributed by atoms with van der Waals surface area (Å²) in [4.78, 5) is 12.6. The smallest absolute Gasteiger partial charge is 0.393 e. The first-order valence-corrected chi connectivity index (χ1v) is 5.28. The first-order chi connectivity index (χ1) is 6.55. The van der Waals surface area contributed by atoms with E-state index in [9.17, 15) is 4.57 Å². The summed E-state index contributed by atoms with van der Waals surface area (Å²) in [5.41, 5.74) is 5.03. The van der Waals surface area contributed by atoms with Gasteiger partial charge in [0.2, 0.25) is 0 Å². The number of hydrogen-bond donors (Lipinski definition) is 4. The molecule has 0 aliphatic carbocycles. The Balaban J connectivity index is 3.79. The van der Waals surface area contributed by atoms with Crippen molar-refractivity contribution in [3.8, 4) is 0 Å². The maximum absolute atomic E-state index is 10.9. The molecule has 8 nitrogen and oxygen atoms in total. The number of aliphatic hydroxyl groups excluding tert-OH is 1. The fourth-order valence-electron chi connectivity index (χ4n) is 0.499. The molecule has 0 fully saturated rings. The van der Waals surface area contributed by atoms with Crippen LogP contribution in [0.3, 0.4) is 0 Å². The van der Waals surface area contributed by atoms with E-state index in [1.54, 1.807) is 0 Å². The molecule has 0 spiro atoms. The zero-order valence-corrected chi connectivity index (χ0v) is 8.30. The normalized spacial score (nSPS) is 17.7. The van der Waals surface area contributed by atoms with Gasteiger partial charge in [-0.15, -0.1) is 0 Å². The Morgan fingerprint density at radius 1 is 1.43 bits per heavy atom. The van der Waals surface area contributed by atoms with E-state index in [1.807, 2.05) is 0 Å². The molecule has 0 saturated carbocycles. The number of phosphoric acid groups is 1. The van der Waals surface area contributed by atoms with Crippen LogP contribution >= 0.6 is 7.82 Å². The van der Waals surface area contributed by atoms with Gasteiger partial charge in [-0.05, 0) is 0 Å². The van der Waals surface area contributed by atoms with Crippen LogP contribution in [0.1, 0.15) is 0 Å². The fraction of sp³-hybridized carbons (Fsp3) is 1.00. The third kappa shape index (κ3) is 6.41. The molecule has 5 N–H and O–H groups in total. The molecule has 14 heavy (non-hydrogen) atoms. The Bertz CT molecular complexity index is 185. The van der Waals surface area contributed by atoms with E-state index in [2.05, 4.69) is 13.9 Å². The van der Waals surface area contributed by atoms with E-state index in [1.165, 1.54) is 0 Å². The summed E-state index contributed by atoms with van der Waals surface area (Å²) >= 11 is 0. The van der Waals surface area contributed by atoms with Crippen molar-refractivity contribution in [1.29, 1.82) is 0 Å². The molecule has 1 unspecified atom stereocenters. The van der Waals surface area contributed by atoms with Crippen molar-refractivity contribution >= 4 is 7.82 Å². The molecule has 86 valence electrons. The molecule has 0 aromatic rings. The van der Waals surface area contributed by atoms with Crippen LogP contribution in [-0.2, 0) is 18.5 Å². The summed E-state index contributed by atoms with van der Waals surface area (Å²) in [5.74, 6) is 0. The van der Waals surface area contributed by atoms with Crippen LogP contribution in [0.15, 0.2) is 0 Å². The van der Waals surface area contributed by atoms with Gasteiger partial charge in [-0.2, -0.15) is 0 Å². The van der Waals surface area contributed by atoms with Crippen molar-refractivity contribution < 1.29 is 33.8 Å². The lowest BCUT2D eigenvalue weighted by molar-refractivity contribution is -0.289. The van der Waals surface area contributed by atoms with Crippen LogP contribution < -0.4 is 5.73 Å². The lowest BCUT2D eigenvalue weighted by Gasteiger charge is -2.14.